The molecule has 0 spiro atoms. The SMILES string of the molecule is C/C=C/C=C/C=C/[C@H]1C[C@@H](O)[C@H](O)C(=O)[C@@H]1CO. The van der Waals surface area contributed by atoms with Crippen molar-refractivity contribution in [3.05, 3.63) is 36.5 Å². The summed E-state index contributed by atoms with van der Waals surface area (Å²) in [5, 5.41) is 28.2. The van der Waals surface area contributed by atoms with Crippen LogP contribution in [0.2, 0.25) is 0 Å². The van der Waals surface area contributed by atoms with Crippen LogP contribution in [0.15, 0.2) is 36.5 Å². The van der Waals surface area contributed by atoms with Gasteiger partial charge in [0.25, 0.3) is 0 Å². The van der Waals surface area contributed by atoms with Gasteiger partial charge >= 0.3 is 0 Å². The van der Waals surface area contributed by atoms with E-state index in [1.807, 2.05) is 31.2 Å². The molecule has 0 aromatic carbocycles. The lowest BCUT2D eigenvalue weighted by atomic mass is 9.75. The average molecular weight is 252 g/mol. The number of carbonyl (C=O) groups is 1. The number of ketones is 1. The fraction of sp³-hybridized carbons (Fsp3) is 0.500. The molecule has 0 aromatic rings. The first-order valence-electron chi connectivity index (χ1n) is 6.08. The highest BCUT2D eigenvalue weighted by atomic mass is 16.3. The third-order valence-electron chi connectivity index (χ3n) is 3.13. The first-order chi connectivity index (χ1) is 8.61. The van der Waals surface area contributed by atoms with E-state index in [4.69, 9.17) is 0 Å². The van der Waals surface area contributed by atoms with Gasteiger partial charge in [0.15, 0.2) is 5.78 Å². The molecule has 0 heterocycles. The molecule has 3 N–H and O–H groups in total. The second-order valence-electron chi connectivity index (χ2n) is 4.40. The summed E-state index contributed by atoms with van der Waals surface area (Å²) in [7, 11) is 0. The fourth-order valence-corrected chi connectivity index (χ4v) is 2.08. The van der Waals surface area contributed by atoms with Gasteiger partial charge in [-0.05, 0) is 19.3 Å². The molecule has 1 aliphatic carbocycles. The smallest absolute Gasteiger partial charge is 0.169 e. The first kappa shape index (κ1) is 14.8. The van der Waals surface area contributed by atoms with Crippen molar-refractivity contribution >= 4 is 5.78 Å². The van der Waals surface area contributed by atoms with Crippen molar-refractivity contribution in [3.63, 3.8) is 0 Å². The quantitative estimate of drug-likeness (QED) is 0.640. The minimum Gasteiger partial charge on any atom is -0.396 e. The van der Waals surface area contributed by atoms with E-state index in [-0.39, 0.29) is 18.9 Å². The van der Waals surface area contributed by atoms with Crippen LogP contribution in [0, 0.1) is 11.8 Å². The molecule has 0 aromatic heterocycles. The summed E-state index contributed by atoms with van der Waals surface area (Å²) in [5.41, 5.74) is 0. The predicted molar refractivity (Wildman–Crippen MR) is 68.8 cm³/mol. The molecule has 0 amide bonds. The van der Waals surface area contributed by atoms with Crippen LogP contribution in [-0.4, -0.2) is 39.9 Å². The van der Waals surface area contributed by atoms with Crippen molar-refractivity contribution < 1.29 is 20.1 Å². The minimum atomic E-state index is -1.37. The maximum absolute atomic E-state index is 11.7. The van der Waals surface area contributed by atoms with Crippen molar-refractivity contribution in [2.45, 2.75) is 25.6 Å². The Hall–Kier alpha value is -1.23. The molecule has 4 nitrogen and oxygen atoms in total. The molecule has 18 heavy (non-hydrogen) atoms. The molecule has 4 heteroatoms. The van der Waals surface area contributed by atoms with Crippen LogP contribution in [0.1, 0.15) is 13.3 Å². The Morgan fingerprint density at radius 3 is 2.50 bits per heavy atom. The second kappa shape index (κ2) is 7.26. The highest BCUT2D eigenvalue weighted by Gasteiger charge is 2.40. The largest absolute Gasteiger partial charge is 0.396 e. The third kappa shape index (κ3) is 3.63. The molecular formula is C14H20O4. The molecule has 0 radical (unpaired) electrons. The minimum absolute atomic E-state index is 0.240. The van der Waals surface area contributed by atoms with Gasteiger partial charge in [0.1, 0.15) is 6.10 Å². The average Bonchev–Trinajstić information content (AvgIpc) is 2.36. The summed E-state index contributed by atoms with van der Waals surface area (Å²) < 4.78 is 0. The van der Waals surface area contributed by atoms with E-state index in [1.165, 1.54) is 0 Å². The van der Waals surface area contributed by atoms with Crippen molar-refractivity contribution in [1.29, 1.82) is 0 Å². The van der Waals surface area contributed by atoms with E-state index < -0.39 is 23.9 Å². The van der Waals surface area contributed by atoms with Crippen molar-refractivity contribution in [3.8, 4) is 0 Å². The Kier molecular flexibility index (Phi) is 5.98. The van der Waals surface area contributed by atoms with Crippen LogP contribution < -0.4 is 0 Å². The summed E-state index contributed by atoms with van der Waals surface area (Å²) in [6.45, 7) is 1.60. The van der Waals surface area contributed by atoms with Crippen LogP contribution in [0.25, 0.3) is 0 Å². The molecule has 1 saturated carbocycles. The zero-order valence-corrected chi connectivity index (χ0v) is 10.4. The third-order valence-corrected chi connectivity index (χ3v) is 3.13. The number of hydrogen-bond donors (Lipinski definition) is 3. The monoisotopic (exact) mass is 252 g/mol. The Balaban J connectivity index is 2.71. The molecule has 4 atom stereocenters. The van der Waals surface area contributed by atoms with Crippen LogP contribution >= 0.6 is 0 Å². The van der Waals surface area contributed by atoms with Gasteiger partial charge in [-0.2, -0.15) is 0 Å². The maximum Gasteiger partial charge on any atom is 0.169 e. The summed E-state index contributed by atoms with van der Waals surface area (Å²) in [6, 6.07) is 0. The number of aliphatic hydroxyl groups is 3. The van der Waals surface area contributed by atoms with Gasteiger partial charge in [-0.25, -0.2) is 0 Å². The zero-order chi connectivity index (χ0) is 13.5. The molecular weight excluding hydrogens is 232 g/mol. The van der Waals surface area contributed by atoms with Gasteiger partial charge < -0.3 is 15.3 Å². The Labute approximate surface area is 107 Å². The number of rotatable bonds is 4. The number of carbonyl (C=O) groups excluding carboxylic acids is 1. The number of hydrogen-bond acceptors (Lipinski definition) is 4. The van der Waals surface area contributed by atoms with Crippen LogP contribution in [0.5, 0.6) is 0 Å². The lowest BCUT2D eigenvalue weighted by Gasteiger charge is -2.33. The van der Waals surface area contributed by atoms with Gasteiger partial charge in [0.2, 0.25) is 0 Å². The molecule has 0 saturated heterocycles. The van der Waals surface area contributed by atoms with E-state index in [9.17, 15) is 20.1 Å². The standard InChI is InChI=1S/C14H20O4/c1-2-3-4-5-6-7-10-8-12(16)14(18)13(17)11(10)9-15/h2-7,10-12,14-16,18H,8-9H2,1H3/b3-2+,5-4+,7-6+/t10-,11+,12+,14-/m0/s1. The van der Waals surface area contributed by atoms with E-state index in [2.05, 4.69) is 0 Å². The maximum atomic E-state index is 11.7. The lowest BCUT2D eigenvalue weighted by molar-refractivity contribution is -0.146. The summed E-state index contributed by atoms with van der Waals surface area (Å²) in [5.74, 6) is -1.35. The normalized spacial score (nSPS) is 34.1. The summed E-state index contributed by atoms with van der Waals surface area (Å²) >= 11 is 0. The van der Waals surface area contributed by atoms with Crippen LogP contribution in [-0.2, 0) is 4.79 Å². The topological polar surface area (TPSA) is 77.8 Å². The van der Waals surface area contributed by atoms with Gasteiger partial charge in [0.05, 0.1) is 12.7 Å². The highest BCUT2D eigenvalue weighted by molar-refractivity contribution is 5.87. The lowest BCUT2D eigenvalue weighted by Crippen LogP contribution is -2.48. The Bertz CT molecular complexity index is 357. The summed E-state index contributed by atoms with van der Waals surface area (Å²) in [6.07, 6.45) is 8.87. The number of allylic oxidation sites excluding steroid dienone is 6. The predicted octanol–water partition coefficient (Wildman–Crippen LogP) is 0.594. The van der Waals surface area contributed by atoms with Crippen molar-refractivity contribution in [2.24, 2.45) is 11.8 Å². The van der Waals surface area contributed by atoms with E-state index in [0.717, 1.165) is 0 Å². The summed E-state index contributed by atoms with van der Waals surface area (Å²) in [4.78, 5) is 11.7. The molecule has 1 rings (SSSR count). The molecule has 0 aliphatic heterocycles. The van der Waals surface area contributed by atoms with E-state index in [0.29, 0.717) is 0 Å². The molecule has 0 bridgehead atoms. The van der Waals surface area contributed by atoms with E-state index in [1.54, 1.807) is 12.2 Å². The highest BCUT2D eigenvalue weighted by Crippen LogP contribution is 2.28. The second-order valence-corrected chi connectivity index (χ2v) is 4.40. The van der Waals surface area contributed by atoms with Gasteiger partial charge in [-0.1, -0.05) is 36.5 Å². The molecule has 100 valence electrons. The van der Waals surface area contributed by atoms with Gasteiger partial charge in [0, 0.05) is 5.92 Å². The van der Waals surface area contributed by atoms with Crippen LogP contribution in [0.3, 0.4) is 0 Å². The molecule has 0 unspecified atom stereocenters. The van der Waals surface area contributed by atoms with Crippen LogP contribution in [0.4, 0.5) is 0 Å². The zero-order valence-electron chi connectivity index (χ0n) is 10.4. The van der Waals surface area contributed by atoms with E-state index >= 15 is 0 Å². The molecule has 1 fully saturated rings. The fourth-order valence-electron chi connectivity index (χ4n) is 2.08. The number of Topliss-reactive ketones (excluding diaryl/α,β-unsaturated/α-hetero) is 1. The van der Waals surface area contributed by atoms with Crippen molar-refractivity contribution in [2.75, 3.05) is 6.61 Å². The molecule has 1 aliphatic rings. The van der Waals surface area contributed by atoms with Gasteiger partial charge in [-0.15, -0.1) is 0 Å². The number of aliphatic hydroxyl groups excluding tert-OH is 3. The Morgan fingerprint density at radius 2 is 1.89 bits per heavy atom. The van der Waals surface area contributed by atoms with Crippen molar-refractivity contribution in [1.82, 2.24) is 0 Å². The van der Waals surface area contributed by atoms with Gasteiger partial charge in [-0.3, -0.25) is 4.79 Å². The first-order valence-corrected chi connectivity index (χ1v) is 6.08. The Morgan fingerprint density at radius 1 is 1.22 bits per heavy atom.